The first-order valence-electron chi connectivity index (χ1n) is 7.21. The third-order valence-electron chi connectivity index (χ3n) is 3.75. The monoisotopic (exact) mass is 314 g/mol. The molecule has 0 aliphatic rings. The van der Waals surface area contributed by atoms with E-state index in [9.17, 15) is 4.79 Å². The molecule has 5 heteroatoms. The molecule has 0 atom stereocenters. The average molecular weight is 314 g/mol. The molecule has 0 bridgehead atoms. The van der Waals surface area contributed by atoms with Gasteiger partial charge in [0.05, 0.1) is 18.3 Å². The first-order chi connectivity index (χ1) is 10.6. The predicted molar refractivity (Wildman–Crippen MR) is 90.0 cm³/mol. The minimum absolute atomic E-state index is 0.0136. The topological polar surface area (TPSA) is 44.1 Å². The molecule has 1 aromatic carbocycles. The number of hydrogen-bond donors (Lipinski definition) is 0. The summed E-state index contributed by atoms with van der Waals surface area (Å²) in [6, 6.07) is 7.89. The highest BCUT2D eigenvalue weighted by Crippen LogP contribution is 2.25. The standard InChI is InChI=1S/C17H18N2O2S/c1-11-5-4-6-14(9-11)21-8-7-19-10-18-16-15(17(19)20)12(2)13(3)22-16/h4-6,9-10H,7-8H2,1-3H3. The van der Waals surface area contributed by atoms with Crippen molar-refractivity contribution in [2.45, 2.75) is 27.3 Å². The van der Waals surface area contributed by atoms with Crippen LogP contribution in [-0.4, -0.2) is 16.2 Å². The molecule has 2 heterocycles. The third kappa shape index (κ3) is 2.76. The van der Waals surface area contributed by atoms with Gasteiger partial charge in [-0.3, -0.25) is 9.36 Å². The van der Waals surface area contributed by atoms with Crippen molar-refractivity contribution in [3.05, 3.63) is 57.0 Å². The van der Waals surface area contributed by atoms with Gasteiger partial charge in [0.1, 0.15) is 17.2 Å². The predicted octanol–water partition coefficient (Wildman–Crippen LogP) is 3.46. The molecule has 0 aliphatic carbocycles. The van der Waals surface area contributed by atoms with Crippen molar-refractivity contribution >= 4 is 21.6 Å². The van der Waals surface area contributed by atoms with Crippen LogP contribution in [0.1, 0.15) is 16.0 Å². The minimum atomic E-state index is 0.0136. The molecule has 2 aromatic heterocycles. The lowest BCUT2D eigenvalue weighted by molar-refractivity contribution is 0.296. The number of ether oxygens (including phenoxy) is 1. The number of rotatable bonds is 4. The fourth-order valence-electron chi connectivity index (χ4n) is 2.40. The lowest BCUT2D eigenvalue weighted by Crippen LogP contribution is -2.23. The van der Waals surface area contributed by atoms with Crippen LogP contribution < -0.4 is 10.3 Å². The van der Waals surface area contributed by atoms with Crippen molar-refractivity contribution in [3.63, 3.8) is 0 Å². The van der Waals surface area contributed by atoms with Crippen LogP contribution >= 0.6 is 11.3 Å². The Balaban J connectivity index is 1.78. The van der Waals surface area contributed by atoms with Crippen LogP contribution in [-0.2, 0) is 6.54 Å². The number of aryl methyl sites for hydroxylation is 3. The summed E-state index contributed by atoms with van der Waals surface area (Å²) in [6.45, 7) is 6.96. The van der Waals surface area contributed by atoms with Crippen LogP contribution in [0.4, 0.5) is 0 Å². The lowest BCUT2D eigenvalue weighted by atomic mass is 10.2. The second-order valence-electron chi connectivity index (χ2n) is 5.37. The fourth-order valence-corrected chi connectivity index (χ4v) is 3.38. The molecule has 0 saturated carbocycles. The third-order valence-corrected chi connectivity index (χ3v) is 4.86. The van der Waals surface area contributed by atoms with E-state index in [4.69, 9.17) is 4.74 Å². The van der Waals surface area contributed by atoms with Crippen LogP contribution in [0, 0.1) is 20.8 Å². The van der Waals surface area contributed by atoms with Gasteiger partial charge in [-0.25, -0.2) is 4.98 Å². The maximum atomic E-state index is 12.5. The second kappa shape index (κ2) is 5.93. The van der Waals surface area contributed by atoms with Crippen molar-refractivity contribution in [1.29, 1.82) is 0 Å². The van der Waals surface area contributed by atoms with Crippen LogP contribution in [0.15, 0.2) is 35.4 Å². The summed E-state index contributed by atoms with van der Waals surface area (Å²) in [4.78, 5) is 18.9. The molecular formula is C17H18N2O2S. The molecule has 114 valence electrons. The Morgan fingerprint density at radius 2 is 2.09 bits per heavy atom. The molecule has 3 rings (SSSR count). The Bertz CT molecular complexity index is 880. The normalized spacial score (nSPS) is 11.0. The zero-order valence-corrected chi connectivity index (χ0v) is 13.7. The van der Waals surface area contributed by atoms with E-state index >= 15 is 0 Å². The van der Waals surface area contributed by atoms with Gasteiger partial charge in [-0.1, -0.05) is 12.1 Å². The summed E-state index contributed by atoms with van der Waals surface area (Å²) in [5, 5.41) is 0.737. The van der Waals surface area contributed by atoms with E-state index in [0.29, 0.717) is 13.2 Å². The maximum Gasteiger partial charge on any atom is 0.262 e. The average Bonchev–Trinajstić information content (AvgIpc) is 2.77. The van der Waals surface area contributed by atoms with Gasteiger partial charge in [-0.05, 0) is 44.0 Å². The second-order valence-corrected chi connectivity index (χ2v) is 6.57. The van der Waals surface area contributed by atoms with Gasteiger partial charge < -0.3 is 4.74 Å². The van der Waals surface area contributed by atoms with E-state index < -0.39 is 0 Å². The molecular weight excluding hydrogens is 296 g/mol. The van der Waals surface area contributed by atoms with E-state index in [1.54, 1.807) is 22.2 Å². The SMILES string of the molecule is Cc1cccc(OCCn2cnc3sc(C)c(C)c3c2=O)c1. The highest BCUT2D eigenvalue weighted by molar-refractivity contribution is 7.18. The van der Waals surface area contributed by atoms with Crippen molar-refractivity contribution in [3.8, 4) is 5.75 Å². The highest BCUT2D eigenvalue weighted by Gasteiger charge is 2.11. The van der Waals surface area contributed by atoms with Crippen molar-refractivity contribution in [2.24, 2.45) is 0 Å². The number of benzene rings is 1. The van der Waals surface area contributed by atoms with E-state index in [0.717, 1.165) is 32.0 Å². The van der Waals surface area contributed by atoms with Crippen LogP contribution in [0.5, 0.6) is 5.75 Å². The molecule has 0 fully saturated rings. The molecule has 4 nitrogen and oxygen atoms in total. The quantitative estimate of drug-likeness (QED) is 0.741. The summed E-state index contributed by atoms with van der Waals surface area (Å²) >= 11 is 1.57. The van der Waals surface area contributed by atoms with Crippen molar-refractivity contribution in [1.82, 2.24) is 9.55 Å². The van der Waals surface area contributed by atoms with Gasteiger partial charge in [-0.2, -0.15) is 0 Å². The van der Waals surface area contributed by atoms with Crippen LogP contribution in [0.2, 0.25) is 0 Å². The number of thiophene rings is 1. The lowest BCUT2D eigenvalue weighted by Gasteiger charge is -2.08. The van der Waals surface area contributed by atoms with Gasteiger partial charge in [0.25, 0.3) is 5.56 Å². The molecule has 0 radical (unpaired) electrons. The Labute approximate surface area is 133 Å². The zero-order valence-electron chi connectivity index (χ0n) is 12.9. The van der Waals surface area contributed by atoms with E-state index in [-0.39, 0.29) is 5.56 Å². The van der Waals surface area contributed by atoms with Gasteiger partial charge in [0.15, 0.2) is 0 Å². The summed E-state index contributed by atoms with van der Waals surface area (Å²) in [7, 11) is 0. The number of aromatic nitrogens is 2. The Morgan fingerprint density at radius 1 is 1.27 bits per heavy atom. The van der Waals surface area contributed by atoms with E-state index in [1.807, 2.05) is 45.0 Å². The maximum absolute atomic E-state index is 12.5. The van der Waals surface area contributed by atoms with Gasteiger partial charge in [0.2, 0.25) is 0 Å². The van der Waals surface area contributed by atoms with Crippen LogP contribution in [0.3, 0.4) is 0 Å². The minimum Gasteiger partial charge on any atom is -0.492 e. The smallest absolute Gasteiger partial charge is 0.262 e. The molecule has 0 N–H and O–H groups in total. The zero-order chi connectivity index (χ0) is 15.7. The number of nitrogens with zero attached hydrogens (tertiary/aromatic N) is 2. The highest BCUT2D eigenvalue weighted by atomic mass is 32.1. The molecule has 0 unspecified atom stereocenters. The largest absolute Gasteiger partial charge is 0.492 e. The molecule has 0 saturated heterocycles. The van der Waals surface area contributed by atoms with Gasteiger partial charge in [-0.15, -0.1) is 11.3 Å². The van der Waals surface area contributed by atoms with Crippen molar-refractivity contribution < 1.29 is 4.74 Å². The molecule has 0 aliphatic heterocycles. The van der Waals surface area contributed by atoms with Crippen molar-refractivity contribution in [2.75, 3.05) is 6.61 Å². The molecule has 0 amide bonds. The Kier molecular flexibility index (Phi) is 3.98. The Hall–Kier alpha value is -2.14. The summed E-state index contributed by atoms with van der Waals surface area (Å²) in [5.74, 6) is 0.824. The number of hydrogen-bond acceptors (Lipinski definition) is 4. The van der Waals surface area contributed by atoms with Gasteiger partial charge in [0, 0.05) is 4.88 Å². The van der Waals surface area contributed by atoms with E-state index in [1.165, 1.54) is 0 Å². The fraction of sp³-hybridized carbons (Fsp3) is 0.294. The van der Waals surface area contributed by atoms with Gasteiger partial charge >= 0.3 is 0 Å². The molecule has 0 spiro atoms. The first kappa shape index (κ1) is 14.8. The number of fused-ring (bicyclic) bond motifs is 1. The Morgan fingerprint density at radius 3 is 2.86 bits per heavy atom. The molecule has 3 aromatic rings. The molecule has 22 heavy (non-hydrogen) atoms. The van der Waals surface area contributed by atoms with E-state index in [2.05, 4.69) is 4.98 Å². The summed E-state index contributed by atoms with van der Waals surface area (Å²) < 4.78 is 7.33. The summed E-state index contributed by atoms with van der Waals surface area (Å²) in [6.07, 6.45) is 1.61. The first-order valence-corrected chi connectivity index (χ1v) is 8.02. The van der Waals surface area contributed by atoms with Crippen LogP contribution in [0.25, 0.3) is 10.2 Å². The summed E-state index contributed by atoms with van der Waals surface area (Å²) in [5.41, 5.74) is 2.20.